The molecule has 0 aliphatic carbocycles. The molecule has 0 saturated carbocycles. The predicted octanol–water partition coefficient (Wildman–Crippen LogP) is 3.95. The van der Waals surface area contributed by atoms with Crippen LogP contribution in [0, 0.1) is 0 Å². The Balaban J connectivity index is 1.80. The fourth-order valence-electron chi connectivity index (χ4n) is 6.33. The van der Waals surface area contributed by atoms with Gasteiger partial charge in [-0.1, -0.05) is 63.1 Å². The van der Waals surface area contributed by atoms with Gasteiger partial charge in [-0.05, 0) is 36.1 Å². The molecule has 13 nitrogen and oxygen atoms in total. The summed E-state index contributed by atoms with van der Waals surface area (Å²) in [5.74, 6) is -3.09. The van der Waals surface area contributed by atoms with Crippen LogP contribution in [0.3, 0.4) is 0 Å². The van der Waals surface area contributed by atoms with Crippen molar-refractivity contribution >= 4 is 33.7 Å². The fraction of sp³-hybridized carbons (Fsp3) is 0.543. The van der Waals surface area contributed by atoms with E-state index in [1.54, 1.807) is 12.1 Å². The number of rotatable bonds is 12. The summed E-state index contributed by atoms with van der Waals surface area (Å²) in [6, 6.07) is 13.8. The van der Waals surface area contributed by atoms with E-state index < -0.39 is 82.6 Å². The maximum Gasteiger partial charge on any atom is 0.303 e. The zero-order chi connectivity index (χ0) is 35.9. The van der Waals surface area contributed by atoms with Crippen LogP contribution in [0.25, 0.3) is 0 Å². The number of fused-ring (bicyclic) bond motifs is 1. The van der Waals surface area contributed by atoms with Crippen molar-refractivity contribution in [1.29, 1.82) is 0 Å². The molecule has 0 amide bonds. The van der Waals surface area contributed by atoms with Gasteiger partial charge in [0.15, 0.2) is 22.0 Å². The Morgan fingerprint density at radius 1 is 0.857 bits per heavy atom. The molecule has 2 aliphatic rings. The van der Waals surface area contributed by atoms with Crippen molar-refractivity contribution in [2.45, 2.75) is 114 Å². The molecule has 1 saturated heterocycles. The van der Waals surface area contributed by atoms with Gasteiger partial charge in [0.1, 0.15) is 18.5 Å². The molecule has 2 aromatic carbocycles. The third kappa shape index (κ3) is 9.37. The minimum Gasteiger partial charge on any atom is -0.463 e. The van der Waals surface area contributed by atoms with E-state index in [0.29, 0.717) is 18.4 Å². The van der Waals surface area contributed by atoms with E-state index in [4.69, 9.17) is 28.4 Å². The SMILES string of the molecule is CCCCC1(CC)CS(=O)(=O)c2cc(O[C@@H]3O[C@H](COC(C)=O)[C@@H](OC(C)=O)[C@H](OC(C)=O)[C@H]3OC(C)=O)ccc2C(c2ccccc2)N1. The van der Waals surface area contributed by atoms with E-state index >= 15 is 0 Å². The molecule has 0 spiro atoms. The van der Waals surface area contributed by atoms with Gasteiger partial charge in [0.2, 0.25) is 12.4 Å². The molecule has 268 valence electrons. The summed E-state index contributed by atoms with van der Waals surface area (Å²) in [7, 11) is -3.90. The summed E-state index contributed by atoms with van der Waals surface area (Å²) in [6.45, 7) is 8.15. The van der Waals surface area contributed by atoms with Gasteiger partial charge in [0.05, 0.1) is 16.7 Å². The quantitative estimate of drug-likeness (QED) is 0.249. The van der Waals surface area contributed by atoms with Gasteiger partial charge in [0, 0.05) is 33.2 Å². The first kappa shape index (κ1) is 37.8. The van der Waals surface area contributed by atoms with Crippen LogP contribution in [0.15, 0.2) is 53.4 Å². The first-order valence-electron chi connectivity index (χ1n) is 16.3. The van der Waals surface area contributed by atoms with Crippen LogP contribution in [-0.4, -0.2) is 80.9 Å². The maximum atomic E-state index is 14.2. The molecular weight excluding hydrogens is 658 g/mol. The zero-order valence-electron chi connectivity index (χ0n) is 28.6. The maximum absolute atomic E-state index is 14.2. The first-order chi connectivity index (χ1) is 23.2. The summed E-state index contributed by atoms with van der Waals surface area (Å²) in [4.78, 5) is 48.3. The van der Waals surface area contributed by atoms with Gasteiger partial charge in [-0.3, -0.25) is 24.5 Å². The lowest BCUT2D eigenvalue weighted by Crippen LogP contribution is -2.63. The summed E-state index contributed by atoms with van der Waals surface area (Å²) >= 11 is 0. The summed E-state index contributed by atoms with van der Waals surface area (Å²) < 4.78 is 62.3. The van der Waals surface area contributed by atoms with Crippen LogP contribution in [0.2, 0.25) is 0 Å². The van der Waals surface area contributed by atoms with E-state index in [1.807, 2.05) is 37.3 Å². The second kappa shape index (κ2) is 16.1. The molecule has 0 aromatic heterocycles. The molecule has 0 radical (unpaired) electrons. The molecular formula is C35H45NO12S. The molecule has 1 N–H and O–H groups in total. The molecule has 2 aliphatic heterocycles. The number of ether oxygens (including phenoxy) is 6. The van der Waals surface area contributed by atoms with Gasteiger partial charge in [-0.2, -0.15) is 0 Å². The van der Waals surface area contributed by atoms with E-state index in [1.165, 1.54) is 13.0 Å². The smallest absolute Gasteiger partial charge is 0.303 e. The zero-order valence-corrected chi connectivity index (χ0v) is 29.4. The lowest BCUT2D eigenvalue weighted by atomic mass is 9.88. The Morgan fingerprint density at radius 3 is 2.08 bits per heavy atom. The largest absolute Gasteiger partial charge is 0.463 e. The molecule has 1 fully saturated rings. The Morgan fingerprint density at radius 2 is 1.49 bits per heavy atom. The molecule has 2 heterocycles. The number of benzene rings is 2. The van der Waals surface area contributed by atoms with Crippen molar-refractivity contribution in [2.24, 2.45) is 0 Å². The minimum atomic E-state index is -3.90. The number of carbonyl (C=O) groups excluding carboxylic acids is 4. The topological polar surface area (TPSA) is 170 Å². The fourth-order valence-corrected chi connectivity index (χ4v) is 8.48. The van der Waals surface area contributed by atoms with Crippen LogP contribution in [0.1, 0.15) is 84.4 Å². The van der Waals surface area contributed by atoms with Gasteiger partial charge in [-0.15, -0.1) is 0 Å². The van der Waals surface area contributed by atoms with Crippen molar-refractivity contribution < 1.29 is 56.0 Å². The van der Waals surface area contributed by atoms with E-state index in [-0.39, 0.29) is 16.4 Å². The standard InChI is InChI=1S/C35H45NO12S/c1-7-9-17-35(8-2)20-49(41,42)29-18-26(15-16-27(29)30(36-35)25-13-11-10-12-14-25)47-34-33(46-24(6)40)32(45-23(5)39)31(44-22(4)38)28(48-34)19-43-21(3)37/h10-16,18,28,30-34,36H,7-9,17,19-20H2,1-6H3/t28-,30?,31-,32+,33-,34-,35?/m1/s1. The Bertz CT molecular complexity index is 1610. The molecule has 0 bridgehead atoms. The second-order valence-electron chi connectivity index (χ2n) is 12.4. The minimum absolute atomic E-state index is 0.0487. The van der Waals surface area contributed by atoms with Crippen LogP contribution >= 0.6 is 0 Å². The van der Waals surface area contributed by atoms with Gasteiger partial charge in [0.25, 0.3) is 0 Å². The second-order valence-corrected chi connectivity index (χ2v) is 14.3. The van der Waals surface area contributed by atoms with E-state index in [0.717, 1.165) is 39.2 Å². The Hall–Kier alpha value is -4.01. The van der Waals surface area contributed by atoms with Crippen molar-refractivity contribution in [3.63, 3.8) is 0 Å². The predicted molar refractivity (Wildman–Crippen MR) is 175 cm³/mol. The lowest BCUT2D eigenvalue weighted by molar-refractivity contribution is -0.288. The van der Waals surface area contributed by atoms with Gasteiger partial charge < -0.3 is 28.4 Å². The van der Waals surface area contributed by atoms with Crippen LogP contribution in [0.4, 0.5) is 0 Å². The van der Waals surface area contributed by atoms with Gasteiger partial charge in [-0.25, -0.2) is 8.42 Å². The van der Waals surface area contributed by atoms with E-state index in [2.05, 4.69) is 12.2 Å². The van der Waals surface area contributed by atoms with E-state index in [9.17, 15) is 27.6 Å². The molecule has 2 aromatic rings. The highest BCUT2D eigenvalue weighted by Crippen LogP contribution is 2.40. The average Bonchev–Trinajstić information content (AvgIpc) is 3.13. The first-order valence-corrected chi connectivity index (χ1v) is 18.0. The molecule has 2 unspecified atom stereocenters. The van der Waals surface area contributed by atoms with Crippen molar-refractivity contribution in [1.82, 2.24) is 5.32 Å². The number of esters is 4. The van der Waals surface area contributed by atoms with Crippen molar-refractivity contribution in [3.8, 4) is 5.75 Å². The molecule has 14 heteroatoms. The number of nitrogens with one attached hydrogen (secondary N) is 1. The summed E-state index contributed by atoms with van der Waals surface area (Å²) in [5.41, 5.74) is 0.727. The molecule has 49 heavy (non-hydrogen) atoms. The van der Waals surface area contributed by atoms with Crippen LogP contribution < -0.4 is 10.1 Å². The summed E-state index contributed by atoms with van der Waals surface area (Å²) in [6.07, 6.45) is -4.04. The Kier molecular flexibility index (Phi) is 12.4. The number of hydrogen-bond donors (Lipinski definition) is 1. The number of sulfone groups is 1. The number of unbranched alkanes of at least 4 members (excludes halogenated alkanes) is 1. The summed E-state index contributed by atoms with van der Waals surface area (Å²) in [5, 5.41) is 3.71. The van der Waals surface area contributed by atoms with Crippen molar-refractivity contribution in [2.75, 3.05) is 12.4 Å². The number of carbonyl (C=O) groups is 4. The monoisotopic (exact) mass is 703 g/mol. The third-order valence-corrected chi connectivity index (χ3v) is 10.5. The average molecular weight is 704 g/mol. The molecule has 7 atom stereocenters. The molecule has 4 rings (SSSR count). The highest BCUT2D eigenvalue weighted by atomic mass is 32.2. The van der Waals surface area contributed by atoms with Crippen molar-refractivity contribution in [3.05, 3.63) is 59.7 Å². The van der Waals surface area contributed by atoms with Gasteiger partial charge >= 0.3 is 23.9 Å². The van der Waals surface area contributed by atoms with Crippen LogP contribution in [0.5, 0.6) is 5.75 Å². The third-order valence-electron chi connectivity index (χ3n) is 8.57. The highest BCUT2D eigenvalue weighted by Gasteiger charge is 2.53. The highest BCUT2D eigenvalue weighted by molar-refractivity contribution is 7.91. The van der Waals surface area contributed by atoms with Crippen LogP contribution in [-0.2, 0) is 52.7 Å². The lowest BCUT2D eigenvalue weighted by Gasteiger charge is -2.43. The number of hydrogen-bond acceptors (Lipinski definition) is 13. The Labute approximate surface area is 286 Å². The normalized spacial score (nSPS) is 27.5.